The fraction of sp³-hybridized carbons (Fsp3) is 0.389. The Bertz CT molecular complexity index is 785. The molecule has 1 saturated heterocycles. The molecule has 0 saturated carbocycles. The summed E-state index contributed by atoms with van der Waals surface area (Å²) < 4.78 is 1.81. The predicted octanol–water partition coefficient (Wildman–Crippen LogP) is 1.49. The molecule has 1 amide bonds. The van der Waals surface area contributed by atoms with E-state index in [1.54, 1.807) is 13.2 Å². The number of hydrogen-bond acceptors (Lipinski definition) is 3. The molecule has 7 nitrogen and oxygen atoms in total. The summed E-state index contributed by atoms with van der Waals surface area (Å²) >= 11 is 5.92. The molecule has 138 valence electrons. The lowest BCUT2D eigenvalue weighted by Gasteiger charge is -2.36. The molecule has 1 aromatic heterocycles. The van der Waals surface area contributed by atoms with E-state index in [0.717, 1.165) is 23.8 Å². The van der Waals surface area contributed by atoms with Gasteiger partial charge in [0.25, 0.3) is 0 Å². The van der Waals surface area contributed by atoms with Crippen LogP contribution in [0, 0.1) is 0 Å². The van der Waals surface area contributed by atoms with Gasteiger partial charge in [-0.2, -0.15) is 5.10 Å². The zero-order chi connectivity index (χ0) is 18.5. The van der Waals surface area contributed by atoms with Crippen molar-refractivity contribution in [3.8, 4) is 0 Å². The van der Waals surface area contributed by atoms with Gasteiger partial charge in [-0.1, -0.05) is 23.7 Å². The van der Waals surface area contributed by atoms with Crippen molar-refractivity contribution in [2.24, 2.45) is 12.0 Å². The van der Waals surface area contributed by atoms with Crippen molar-refractivity contribution in [2.45, 2.75) is 13.1 Å². The van der Waals surface area contributed by atoms with Crippen molar-refractivity contribution >= 4 is 23.5 Å². The molecule has 0 aliphatic carbocycles. The summed E-state index contributed by atoms with van der Waals surface area (Å²) in [5.41, 5.74) is 2.13. The topological polar surface area (TPSA) is 65.8 Å². The highest BCUT2D eigenvalue weighted by molar-refractivity contribution is 6.30. The van der Waals surface area contributed by atoms with Crippen LogP contribution in [-0.2, 0) is 24.9 Å². The Kier molecular flexibility index (Phi) is 5.78. The van der Waals surface area contributed by atoms with E-state index in [4.69, 9.17) is 11.6 Å². The number of benzene rings is 1. The van der Waals surface area contributed by atoms with E-state index in [9.17, 15) is 4.79 Å². The van der Waals surface area contributed by atoms with E-state index >= 15 is 0 Å². The lowest BCUT2D eigenvalue weighted by atomic mass is 10.2. The van der Waals surface area contributed by atoms with Gasteiger partial charge >= 0.3 is 0 Å². The monoisotopic (exact) mass is 374 g/mol. The molecule has 1 aromatic carbocycles. The van der Waals surface area contributed by atoms with Gasteiger partial charge in [-0.3, -0.25) is 14.5 Å². The number of amides is 1. The van der Waals surface area contributed by atoms with E-state index in [-0.39, 0.29) is 5.91 Å². The van der Waals surface area contributed by atoms with Crippen LogP contribution in [0.1, 0.15) is 11.3 Å². The number of aromatic nitrogens is 2. The molecule has 1 fully saturated rings. The Morgan fingerprint density at radius 1 is 1.27 bits per heavy atom. The van der Waals surface area contributed by atoms with Gasteiger partial charge in [0, 0.05) is 44.9 Å². The van der Waals surface area contributed by atoms with Crippen LogP contribution in [0.15, 0.2) is 41.5 Å². The molecule has 1 aliphatic rings. The molecule has 3 rings (SSSR count). The zero-order valence-corrected chi connectivity index (χ0v) is 15.8. The first-order valence-electron chi connectivity index (χ1n) is 8.51. The predicted molar refractivity (Wildman–Crippen MR) is 102 cm³/mol. The summed E-state index contributed by atoms with van der Waals surface area (Å²) in [5, 5.41) is 8.16. The van der Waals surface area contributed by atoms with Gasteiger partial charge in [-0.15, -0.1) is 0 Å². The van der Waals surface area contributed by atoms with E-state index < -0.39 is 0 Å². The molecule has 26 heavy (non-hydrogen) atoms. The fourth-order valence-corrected chi connectivity index (χ4v) is 3.07. The molecule has 8 heteroatoms. The SMILES string of the molecule is CN=C(NCc1ccnn1C)N1CCN(Cc2ccc(Cl)cc2)C(=O)C1. The van der Waals surface area contributed by atoms with Gasteiger partial charge in [0.1, 0.15) is 0 Å². The highest BCUT2D eigenvalue weighted by atomic mass is 35.5. The molecule has 1 N–H and O–H groups in total. The second-order valence-electron chi connectivity index (χ2n) is 6.21. The number of guanidine groups is 1. The lowest BCUT2D eigenvalue weighted by molar-refractivity contribution is -0.135. The first-order valence-corrected chi connectivity index (χ1v) is 8.89. The van der Waals surface area contributed by atoms with Gasteiger partial charge in [0.05, 0.1) is 18.8 Å². The Balaban J connectivity index is 1.55. The summed E-state index contributed by atoms with van der Waals surface area (Å²) in [5.74, 6) is 0.820. The van der Waals surface area contributed by atoms with Crippen molar-refractivity contribution in [1.29, 1.82) is 0 Å². The second kappa shape index (κ2) is 8.23. The Morgan fingerprint density at radius 3 is 2.65 bits per heavy atom. The van der Waals surface area contributed by atoms with Gasteiger partial charge in [0.2, 0.25) is 5.91 Å². The van der Waals surface area contributed by atoms with Gasteiger partial charge < -0.3 is 15.1 Å². The number of carbonyl (C=O) groups excluding carboxylic acids is 1. The number of carbonyl (C=O) groups is 1. The minimum absolute atomic E-state index is 0.0923. The molecule has 2 heterocycles. The van der Waals surface area contributed by atoms with E-state index in [0.29, 0.717) is 31.2 Å². The summed E-state index contributed by atoms with van der Waals surface area (Å²) in [6, 6.07) is 9.56. The van der Waals surface area contributed by atoms with Crippen LogP contribution in [0.3, 0.4) is 0 Å². The van der Waals surface area contributed by atoms with E-state index in [1.807, 2.05) is 51.9 Å². The number of nitrogens with zero attached hydrogens (tertiary/aromatic N) is 5. The summed E-state index contributed by atoms with van der Waals surface area (Å²) in [7, 11) is 3.63. The maximum Gasteiger partial charge on any atom is 0.242 e. The molecular weight excluding hydrogens is 352 g/mol. The Morgan fingerprint density at radius 2 is 2.04 bits per heavy atom. The van der Waals surface area contributed by atoms with Crippen molar-refractivity contribution < 1.29 is 4.79 Å². The van der Waals surface area contributed by atoms with Crippen LogP contribution in [0.5, 0.6) is 0 Å². The molecule has 0 spiro atoms. The summed E-state index contributed by atoms with van der Waals surface area (Å²) in [6.07, 6.45) is 1.76. The van der Waals surface area contributed by atoms with Crippen molar-refractivity contribution in [1.82, 2.24) is 24.9 Å². The average Bonchev–Trinajstić information content (AvgIpc) is 3.04. The number of aryl methyl sites for hydroxylation is 1. The van der Waals surface area contributed by atoms with Crippen LogP contribution in [0.4, 0.5) is 0 Å². The number of nitrogens with one attached hydrogen (secondary N) is 1. The van der Waals surface area contributed by atoms with E-state index in [2.05, 4.69) is 15.4 Å². The van der Waals surface area contributed by atoms with Crippen LogP contribution < -0.4 is 5.32 Å². The number of rotatable bonds is 4. The largest absolute Gasteiger partial charge is 0.351 e. The third kappa shape index (κ3) is 4.35. The Labute approximate surface area is 158 Å². The van der Waals surface area contributed by atoms with Crippen LogP contribution in [0.25, 0.3) is 0 Å². The maximum absolute atomic E-state index is 12.5. The van der Waals surface area contributed by atoms with Gasteiger partial charge in [0.15, 0.2) is 5.96 Å². The first-order chi connectivity index (χ1) is 12.6. The minimum atomic E-state index is 0.0923. The molecule has 2 aromatic rings. The molecule has 1 aliphatic heterocycles. The minimum Gasteiger partial charge on any atom is -0.351 e. The maximum atomic E-state index is 12.5. The van der Waals surface area contributed by atoms with Crippen LogP contribution in [0.2, 0.25) is 5.02 Å². The normalized spacial score (nSPS) is 15.5. The lowest BCUT2D eigenvalue weighted by Crippen LogP contribution is -2.54. The average molecular weight is 375 g/mol. The van der Waals surface area contributed by atoms with Crippen LogP contribution >= 0.6 is 11.6 Å². The standard InChI is InChI=1S/C18H23ClN6O/c1-20-18(21-11-16-7-8-22-23(16)2)25-10-9-24(17(26)13-25)12-14-3-5-15(19)6-4-14/h3-8H,9-13H2,1-2H3,(H,20,21). The molecule has 0 bridgehead atoms. The van der Waals surface area contributed by atoms with E-state index in [1.165, 1.54) is 0 Å². The number of aliphatic imine (C=N–C) groups is 1. The van der Waals surface area contributed by atoms with Crippen molar-refractivity contribution in [3.63, 3.8) is 0 Å². The molecule has 0 unspecified atom stereocenters. The third-order valence-corrected chi connectivity index (χ3v) is 4.72. The third-order valence-electron chi connectivity index (χ3n) is 4.47. The highest BCUT2D eigenvalue weighted by Crippen LogP contribution is 2.13. The quantitative estimate of drug-likeness (QED) is 0.650. The Hall–Kier alpha value is -2.54. The second-order valence-corrected chi connectivity index (χ2v) is 6.65. The highest BCUT2D eigenvalue weighted by Gasteiger charge is 2.26. The van der Waals surface area contributed by atoms with Crippen molar-refractivity contribution in [2.75, 3.05) is 26.7 Å². The summed E-state index contributed by atoms with van der Waals surface area (Å²) in [4.78, 5) is 20.7. The fourth-order valence-electron chi connectivity index (χ4n) is 2.94. The molecule has 0 atom stereocenters. The summed E-state index contributed by atoms with van der Waals surface area (Å²) in [6.45, 7) is 2.93. The molecular formula is C18H23ClN6O. The number of halogens is 1. The van der Waals surface area contributed by atoms with Gasteiger partial charge in [-0.05, 0) is 23.8 Å². The van der Waals surface area contributed by atoms with Gasteiger partial charge in [-0.25, -0.2) is 0 Å². The van der Waals surface area contributed by atoms with Crippen LogP contribution in [-0.4, -0.2) is 58.1 Å². The smallest absolute Gasteiger partial charge is 0.242 e. The first kappa shape index (κ1) is 18.3. The van der Waals surface area contributed by atoms with Crippen molar-refractivity contribution in [3.05, 3.63) is 52.8 Å². The number of piperazine rings is 1. The number of hydrogen-bond donors (Lipinski definition) is 1. The molecule has 0 radical (unpaired) electrons. The zero-order valence-electron chi connectivity index (χ0n) is 15.0.